The molecule has 0 spiro atoms. The van der Waals surface area contributed by atoms with Crippen LogP contribution in [-0.4, -0.2) is 16.8 Å². The maximum atomic E-state index is 11.3. The minimum Gasteiger partial charge on any atom is -0.366 e. The maximum Gasteiger partial charge on any atom is 0.250 e. The standard InChI is InChI=1S/C15H15N3O2/c1-8-11(15(16)20)7-13(17-8)10-2-4-12-9(6-10)3-5-14(19)18-12/h2,4,6-7,17H,3,5H2,1H3,(H2,16,20)(H,18,19). The van der Waals surface area contributed by atoms with Crippen molar-refractivity contribution in [1.82, 2.24) is 4.98 Å². The number of nitrogens with two attached hydrogens (primary N) is 1. The second-order valence-electron chi connectivity index (χ2n) is 5.01. The summed E-state index contributed by atoms with van der Waals surface area (Å²) in [5.41, 5.74) is 10.4. The summed E-state index contributed by atoms with van der Waals surface area (Å²) in [6, 6.07) is 7.61. The van der Waals surface area contributed by atoms with E-state index in [4.69, 9.17) is 5.73 Å². The molecule has 0 radical (unpaired) electrons. The highest BCUT2D eigenvalue weighted by Crippen LogP contribution is 2.29. The van der Waals surface area contributed by atoms with Crippen molar-refractivity contribution in [2.24, 2.45) is 5.73 Å². The fraction of sp³-hybridized carbons (Fsp3) is 0.200. The van der Waals surface area contributed by atoms with Gasteiger partial charge in [-0.3, -0.25) is 9.59 Å². The number of aromatic amines is 1. The Morgan fingerprint density at radius 1 is 1.25 bits per heavy atom. The van der Waals surface area contributed by atoms with E-state index < -0.39 is 5.91 Å². The zero-order chi connectivity index (χ0) is 14.3. The van der Waals surface area contributed by atoms with Gasteiger partial charge in [-0.25, -0.2) is 0 Å². The number of hydrogen-bond acceptors (Lipinski definition) is 2. The lowest BCUT2D eigenvalue weighted by Gasteiger charge is -2.17. The summed E-state index contributed by atoms with van der Waals surface area (Å²) in [7, 11) is 0. The van der Waals surface area contributed by atoms with Crippen LogP contribution in [0.15, 0.2) is 24.3 Å². The molecule has 3 rings (SSSR count). The number of hydrogen-bond donors (Lipinski definition) is 3. The first-order valence-electron chi connectivity index (χ1n) is 6.47. The molecule has 0 saturated heterocycles. The molecular formula is C15H15N3O2. The van der Waals surface area contributed by atoms with Gasteiger partial charge < -0.3 is 16.0 Å². The third-order valence-corrected chi connectivity index (χ3v) is 3.59. The Kier molecular flexibility index (Phi) is 2.82. The zero-order valence-corrected chi connectivity index (χ0v) is 11.1. The van der Waals surface area contributed by atoms with Crippen LogP contribution in [-0.2, 0) is 11.2 Å². The summed E-state index contributed by atoms with van der Waals surface area (Å²) >= 11 is 0. The molecule has 1 aromatic heterocycles. The normalized spacial score (nSPS) is 13.8. The Balaban J connectivity index is 2.01. The lowest BCUT2D eigenvalue weighted by atomic mass is 9.99. The number of carbonyl (C=O) groups excluding carboxylic acids is 2. The van der Waals surface area contributed by atoms with Crippen LogP contribution >= 0.6 is 0 Å². The summed E-state index contributed by atoms with van der Waals surface area (Å²) in [4.78, 5) is 25.8. The van der Waals surface area contributed by atoms with Gasteiger partial charge in [-0.2, -0.15) is 0 Å². The van der Waals surface area contributed by atoms with Gasteiger partial charge >= 0.3 is 0 Å². The van der Waals surface area contributed by atoms with E-state index in [1.165, 1.54) is 0 Å². The summed E-state index contributed by atoms with van der Waals surface area (Å²) in [5, 5.41) is 2.85. The molecule has 20 heavy (non-hydrogen) atoms. The van der Waals surface area contributed by atoms with E-state index in [1.54, 1.807) is 6.07 Å². The second kappa shape index (κ2) is 4.52. The number of aromatic nitrogens is 1. The molecule has 5 nitrogen and oxygen atoms in total. The number of carbonyl (C=O) groups is 2. The SMILES string of the molecule is Cc1[nH]c(-c2ccc3c(c2)CCC(=O)N3)cc1C(N)=O. The van der Waals surface area contributed by atoms with E-state index in [0.29, 0.717) is 12.0 Å². The fourth-order valence-electron chi connectivity index (χ4n) is 2.52. The average molecular weight is 269 g/mol. The van der Waals surface area contributed by atoms with Crippen molar-refractivity contribution in [3.63, 3.8) is 0 Å². The molecule has 1 aliphatic heterocycles. The number of aryl methyl sites for hydroxylation is 2. The van der Waals surface area contributed by atoms with Crippen LogP contribution in [0.5, 0.6) is 0 Å². The van der Waals surface area contributed by atoms with Crippen LogP contribution in [0.3, 0.4) is 0 Å². The lowest BCUT2D eigenvalue weighted by Crippen LogP contribution is -2.18. The number of H-pyrrole nitrogens is 1. The number of benzene rings is 1. The van der Waals surface area contributed by atoms with Gasteiger partial charge in [0.1, 0.15) is 0 Å². The average Bonchev–Trinajstić information content (AvgIpc) is 2.80. The van der Waals surface area contributed by atoms with Gasteiger partial charge in [0.25, 0.3) is 5.91 Å². The monoisotopic (exact) mass is 269 g/mol. The Morgan fingerprint density at radius 3 is 2.75 bits per heavy atom. The van der Waals surface area contributed by atoms with Crippen LogP contribution in [0.4, 0.5) is 5.69 Å². The molecular weight excluding hydrogens is 254 g/mol. The highest BCUT2D eigenvalue weighted by atomic mass is 16.2. The van der Waals surface area contributed by atoms with Gasteiger partial charge in [0, 0.05) is 23.5 Å². The van der Waals surface area contributed by atoms with Gasteiger partial charge in [-0.15, -0.1) is 0 Å². The first kappa shape index (κ1) is 12.5. The van der Waals surface area contributed by atoms with E-state index >= 15 is 0 Å². The number of anilines is 1. The van der Waals surface area contributed by atoms with Crippen LogP contribution in [0, 0.1) is 6.92 Å². The molecule has 2 amide bonds. The van der Waals surface area contributed by atoms with Gasteiger partial charge in [0.2, 0.25) is 5.91 Å². The minimum absolute atomic E-state index is 0.0528. The van der Waals surface area contributed by atoms with Crippen molar-refractivity contribution in [3.8, 4) is 11.3 Å². The first-order valence-corrected chi connectivity index (χ1v) is 6.47. The quantitative estimate of drug-likeness (QED) is 0.778. The van der Waals surface area contributed by atoms with Crippen LogP contribution < -0.4 is 11.1 Å². The van der Waals surface area contributed by atoms with Crippen molar-refractivity contribution in [2.75, 3.05) is 5.32 Å². The minimum atomic E-state index is -0.435. The molecule has 2 aromatic rings. The molecule has 1 aromatic carbocycles. The van der Waals surface area contributed by atoms with Gasteiger partial charge in [-0.05, 0) is 42.7 Å². The van der Waals surface area contributed by atoms with Crippen molar-refractivity contribution in [3.05, 3.63) is 41.1 Å². The second-order valence-corrected chi connectivity index (χ2v) is 5.01. The third-order valence-electron chi connectivity index (χ3n) is 3.59. The predicted octanol–water partition coefficient (Wildman–Crippen LogP) is 1.97. The Bertz CT molecular complexity index is 716. The largest absolute Gasteiger partial charge is 0.366 e. The number of fused-ring (bicyclic) bond motifs is 1. The van der Waals surface area contributed by atoms with Gasteiger partial charge in [0.15, 0.2) is 0 Å². The Labute approximate surface area is 116 Å². The van der Waals surface area contributed by atoms with Crippen LogP contribution in [0.2, 0.25) is 0 Å². The van der Waals surface area contributed by atoms with Gasteiger partial charge in [-0.1, -0.05) is 6.07 Å². The van der Waals surface area contributed by atoms with Crippen molar-refractivity contribution in [2.45, 2.75) is 19.8 Å². The number of nitrogens with one attached hydrogen (secondary N) is 2. The summed E-state index contributed by atoms with van der Waals surface area (Å²) in [5.74, 6) is -0.382. The fourth-order valence-corrected chi connectivity index (χ4v) is 2.52. The summed E-state index contributed by atoms with van der Waals surface area (Å²) < 4.78 is 0. The molecule has 1 aliphatic rings. The molecule has 0 bridgehead atoms. The molecule has 4 N–H and O–H groups in total. The first-order chi connectivity index (χ1) is 9.54. The maximum absolute atomic E-state index is 11.3. The van der Waals surface area contributed by atoms with E-state index in [1.807, 2.05) is 25.1 Å². The van der Waals surface area contributed by atoms with Crippen molar-refractivity contribution >= 4 is 17.5 Å². The molecule has 5 heteroatoms. The molecule has 2 heterocycles. The Morgan fingerprint density at radius 2 is 2.05 bits per heavy atom. The molecule has 0 unspecified atom stereocenters. The molecule has 102 valence electrons. The van der Waals surface area contributed by atoms with Crippen LogP contribution in [0.1, 0.15) is 28.0 Å². The van der Waals surface area contributed by atoms with E-state index in [0.717, 1.165) is 34.6 Å². The number of amides is 2. The summed E-state index contributed by atoms with van der Waals surface area (Å²) in [6.45, 7) is 1.82. The van der Waals surface area contributed by atoms with Crippen molar-refractivity contribution in [1.29, 1.82) is 0 Å². The highest BCUT2D eigenvalue weighted by molar-refractivity contribution is 5.96. The predicted molar refractivity (Wildman–Crippen MR) is 76.4 cm³/mol. The Hall–Kier alpha value is -2.56. The third kappa shape index (κ3) is 2.07. The molecule has 0 saturated carbocycles. The molecule has 0 aliphatic carbocycles. The van der Waals surface area contributed by atoms with E-state index in [-0.39, 0.29) is 5.91 Å². The molecule has 0 fully saturated rings. The topological polar surface area (TPSA) is 88.0 Å². The lowest BCUT2D eigenvalue weighted by molar-refractivity contribution is -0.116. The van der Waals surface area contributed by atoms with E-state index in [9.17, 15) is 9.59 Å². The van der Waals surface area contributed by atoms with Crippen LogP contribution in [0.25, 0.3) is 11.3 Å². The molecule has 0 atom stereocenters. The zero-order valence-electron chi connectivity index (χ0n) is 11.1. The number of rotatable bonds is 2. The highest BCUT2D eigenvalue weighted by Gasteiger charge is 2.16. The summed E-state index contributed by atoms with van der Waals surface area (Å²) in [6.07, 6.45) is 1.24. The van der Waals surface area contributed by atoms with E-state index in [2.05, 4.69) is 10.3 Å². The smallest absolute Gasteiger partial charge is 0.250 e. The number of primary amides is 1. The van der Waals surface area contributed by atoms with Gasteiger partial charge in [0.05, 0.1) is 5.56 Å². The van der Waals surface area contributed by atoms with Crippen molar-refractivity contribution < 1.29 is 9.59 Å².